The van der Waals surface area contributed by atoms with Gasteiger partial charge in [0.2, 0.25) is 0 Å². The predicted molar refractivity (Wildman–Crippen MR) is 81.4 cm³/mol. The Morgan fingerprint density at radius 2 is 2.11 bits per heavy atom. The summed E-state index contributed by atoms with van der Waals surface area (Å²) in [5.74, 6) is 0. The van der Waals surface area contributed by atoms with Gasteiger partial charge in [-0.25, -0.2) is 4.98 Å². The van der Waals surface area contributed by atoms with Gasteiger partial charge in [-0.2, -0.15) is 0 Å². The van der Waals surface area contributed by atoms with Gasteiger partial charge in [0.25, 0.3) is 0 Å². The predicted octanol–water partition coefficient (Wildman–Crippen LogP) is 2.37. The molecule has 0 bridgehead atoms. The van der Waals surface area contributed by atoms with Crippen molar-refractivity contribution >= 4 is 28.5 Å². The molecule has 0 amide bonds. The van der Waals surface area contributed by atoms with Gasteiger partial charge < -0.3 is 10.6 Å². The normalized spacial score (nSPS) is 16.3. The van der Waals surface area contributed by atoms with Crippen LogP contribution in [0.1, 0.15) is 41.8 Å². The Morgan fingerprint density at radius 3 is 2.72 bits per heavy atom. The third kappa shape index (κ3) is 3.49. The third-order valence-electron chi connectivity index (χ3n) is 3.29. The zero-order valence-corrected chi connectivity index (χ0v) is 12.6. The summed E-state index contributed by atoms with van der Waals surface area (Å²) in [7, 11) is 0. The second-order valence-corrected chi connectivity index (χ2v) is 6.32. The van der Waals surface area contributed by atoms with Gasteiger partial charge in [-0.05, 0) is 32.4 Å². The Balaban J connectivity index is 1.99. The van der Waals surface area contributed by atoms with Crippen molar-refractivity contribution in [1.29, 1.82) is 0 Å². The Morgan fingerprint density at radius 1 is 1.39 bits per heavy atom. The summed E-state index contributed by atoms with van der Waals surface area (Å²) in [5, 5.41) is 1.19. The number of aromatic nitrogens is 1. The summed E-state index contributed by atoms with van der Waals surface area (Å²) >= 11 is 6.79. The van der Waals surface area contributed by atoms with Crippen LogP contribution in [0.15, 0.2) is 0 Å². The van der Waals surface area contributed by atoms with E-state index in [4.69, 9.17) is 22.9 Å². The summed E-state index contributed by atoms with van der Waals surface area (Å²) < 4.78 is 0. The average molecular weight is 283 g/mol. The van der Waals surface area contributed by atoms with E-state index >= 15 is 0 Å². The Kier molecular flexibility index (Phi) is 5.09. The molecule has 2 heterocycles. The van der Waals surface area contributed by atoms with Crippen molar-refractivity contribution in [3.05, 3.63) is 15.6 Å². The van der Waals surface area contributed by atoms with Crippen molar-refractivity contribution in [2.24, 2.45) is 5.73 Å². The molecule has 5 heteroatoms. The molecular weight excluding hydrogens is 262 g/mol. The molecule has 1 saturated heterocycles. The van der Waals surface area contributed by atoms with Gasteiger partial charge >= 0.3 is 0 Å². The molecule has 3 nitrogen and oxygen atoms in total. The van der Waals surface area contributed by atoms with Crippen LogP contribution in [-0.4, -0.2) is 34.5 Å². The van der Waals surface area contributed by atoms with E-state index in [9.17, 15) is 0 Å². The van der Waals surface area contributed by atoms with Crippen LogP contribution in [0.4, 0.5) is 0 Å². The number of thiocarbonyl (C=S) groups is 1. The first-order valence-electron chi connectivity index (χ1n) is 6.71. The topological polar surface area (TPSA) is 42.2 Å². The van der Waals surface area contributed by atoms with Gasteiger partial charge in [0.05, 0.1) is 15.6 Å². The van der Waals surface area contributed by atoms with E-state index in [-0.39, 0.29) is 0 Å². The van der Waals surface area contributed by atoms with Crippen LogP contribution in [0, 0.1) is 0 Å². The molecule has 1 fully saturated rings. The van der Waals surface area contributed by atoms with Crippen LogP contribution < -0.4 is 5.73 Å². The summed E-state index contributed by atoms with van der Waals surface area (Å²) in [4.78, 5) is 8.76. The number of rotatable bonds is 6. The van der Waals surface area contributed by atoms with Crippen LogP contribution in [-0.2, 0) is 12.8 Å². The molecule has 1 aromatic rings. The summed E-state index contributed by atoms with van der Waals surface area (Å²) in [6, 6.07) is 0. The van der Waals surface area contributed by atoms with Crippen LogP contribution in [0.25, 0.3) is 0 Å². The van der Waals surface area contributed by atoms with Crippen molar-refractivity contribution in [1.82, 2.24) is 9.88 Å². The summed E-state index contributed by atoms with van der Waals surface area (Å²) in [5.41, 5.74) is 6.87. The Bertz CT molecular complexity index is 408. The highest BCUT2D eigenvalue weighted by molar-refractivity contribution is 7.81. The zero-order chi connectivity index (χ0) is 13.0. The molecule has 0 aliphatic carbocycles. The third-order valence-corrected chi connectivity index (χ3v) is 4.82. The Hall–Kier alpha value is -0.520. The van der Waals surface area contributed by atoms with E-state index in [2.05, 4.69) is 11.8 Å². The highest BCUT2D eigenvalue weighted by atomic mass is 32.1. The molecule has 1 aliphatic heterocycles. The standard InChI is InChI=1S/C13H21N3S2/c1-2-5-10-12(13(14)17)18-11(15-10)6-9-16-7-3-4-8-16/h2-9H2,1H3,(H2,14,17). The van der Waals surface area contributed by atoms with Crippen LogP contribution in [0.5, 0.6) is 0 Å². The molecule has 0 unspecified atom stereocenters. The Labute approximate surface area is 118 Å². The summed E-state index contributed by atoms with van der Waals surface area (Å²) in [6.45, 7) is 5.77. The van der Waals surface area contributed by atoms with Crippen LogP contribution >= 0.6 is 23.6 Å². The fourth-order valence-corrected chi connectivity index (χ4v) is 3.56. The number of likely N-dealkylation sites (tertiary alicyclic amines) is 1. The van der Waals surface area contributed by atoms with Crippen molar-refractivity contribution < 1.29 is 0 Å². The lowest BCUT2D eigenvalue weighted by molar-refractivity contribution is 0.343. The lowest BCUT2D eigenvalue weighted by Crippen LogP contribution is -2.21. The van der Waals surface area contributed by atoms with Crippen molar-refractivity contribution in [2.45, 2.75) is 39.0 Å². The first-order valence-corrected chi connectivity index (χ1v) is 7.94. The van der Waals surface area contributed by atoms with Gasteiger partial charge in [-0.1, -0.05) is 25.6 Å². The van der Waals surface area contributed by atoms with Gasteiger partial charge in [0.15, 0.2) is 0 Å². The minimum Gasteiger partial charge on any atom is -0.389 e. The van der Waals surface area contributed by atoms with Crippen LogP contribution in [0.2, 0.25) is 0 Å². The molecule has 100 valence electrons. The van der Waals surface area contributed by atoms with Crippen molar-refractivity contribution in [2.75, 3.05) is 19.6 Å². The fourth-order valence-electron chi connectivity index (χ4n) is 2.37. The van der Waals surface area contributed by atoms with Gasteiger partial charge in [-0.3, -0.25) is 0 Å². The number of nitrogens with two attached hydrogens (primary N) is 1. The van der Waals surface area contributed by atoms with Gasteiger partial charge in [-0.15, -0.1) is 11.3 Å². The SMILES string of the molecule is CCCc1nc(CCN2CCCC2)sc1C(N)=S. The molecule has 0 atom stereocenters. The first-order chi connectivity index (χ1) is 8.70. The quantitative estimate of drug-likeness (QED) is 0.814. The molecule has 2 rings (SSSR count). The highest BCUT2D eigenvalue weighted by Crippen LogP contribution is 2.21. The van der Waals surface area contributed by atoms with Crippen molar-refractivity contribution in [3.63, 3.8) is 0 Å². The molecule has 18 heavy (non-hydrogen) atoms. The number of thiazole rings is 1. The number of hydrogen-bond acceptors (Lipinski definition) is 4. The average Bonchev–Trinajstić information content (AvgIpc) is 2.95. The maximum absolute atomic E-state index is 5.77. The van der Waals surface area contributed by atoms with Gasteiger partial charge in [0.1, 0.15) is 4.99 Å². The minimum absolute atomic E-state index is 0.503. The lowest BCUT2D eigenvalue weighted by Gasteiger charge is -2.12. The molecule has 1 aliphatic rings. The zero-order valence-electron chi connectivity index (χ0n) is 10.9. The number of nitrogens with zero attached hydrogens (tertiary/aromatic N) is 2. The van der Waals surface area contributed by atoms with Crippen LogP contribution in [0.3, 0.4) is 0 Å². The fraction of sp³-hybridized carbons (Fsp3) is 0.692. The first kappa shape index (κ1) is 13.9. The van der Waals surface area contributed by atoms with E-state index in [0.717, 1.165) is 36.4 Å². The number of hydrogen-bond donors (Lipinski definition) is 1. The molecule has 1 aromatic heterocycles. The van der Waals surface area contributed by atoms with E-state index in [0.29, 0.717) is 4.99 Å². The molecule has 0 aromatic carbocycles. The molecule has 0 spiro atoms. The number of aryl methyl sites for hydroxylation is 1. The van der Waals surface area contributed by atoms with Gasteiger partial charge in [0, 0.05) is 13.0 Å². The smallest absolute Gasteiger partial charge is 0.116 e. The minimum atomic E-state index is 0.503. The molecular formula is C13H21N3S2. The van der Waals surface area contributed by atoms with E-state index in [1.165, 1.54) is 30.9 Å². The second kappa shape index (κ2) is 6.59. The van der Waals surface area contributed by atoms with E-state index < -0.39 is 0 Å². The maximum atomic E-state index is 5.77. The molecule has 0 saturated carbocycles. The second-order valence-electron chi connectivity index (χ2n) is 4.80. The van der Waals surface area contributed by atoms with Crippen molar-refractivity contribution in [3.8, 4) is 0 Å². The summed E-state index contributed by atoms with van der Waals surface area (Å²) in [6.07, 6.45) is 5.79. The molecule has 0 radical (unpaired) electrons. The van der Waals surface area contributed by atoms with E-state index in [1.807, 2.05) is 0 Å². The highest BCUT2D eigenvalue weighted by Gasteiger charge is 2.15. The largest absolute Gasteiger partial charge is 0.389 e. The molecule has 2 N–H and O–H groups in total. The van der Waals surface area contributed by atoms with E-state index in [1.54, 1.807) is 11.3 Å². The lowest BCUT2D eigenvalue weighted by atomic mass is 10.2. The maximum Gasteiger partial charge on any atom is 0.116 e. The monoisotopic (exact) mass is 283 g/mol.